The second-order valence-corrected chi connectivity index (χ2v) is 4.64. The zero-order valence-corrected chi connectivity index (χ0v) is 10.8. The van der Waals surface area contributed by atoms with Gasteiger partial charge in [0.05, 0.1) is 25.4 Å². The molecular weight excluding hydrogens is 232 g/mol. The van der Waals surface area contributed by atoms with Crippen LogP contribution < -0.4 is 5.32 Å². The molecular formula is C12H20N4O2. The molecule has 0 radical (unpaired) electrons. The van der Waals surface area contributed by atoms with Crippen molar-refractivity contribution >= 4 is 5.97 Å². The van der Waals surface area contributed by atoms with E-state index in [1.54, 1.807) is 10.9 Å². The van der Waals surface area contributed by atoms with Crippen molar-refractivity contribution < 1.29 is 9.53 Å². The highest BCUT2D eigenvalue weighted by atomic mass is 16.5. The summed E-state index contributed by atoms with van der Waals surface area (Å²) < 4.78 is 6.45. The van der Waals surface area contributed by atoms with Crippen LogP contribution in [0.4, 0.5) is 0 Å². The Kier molecular flexibility index (Phi) is 4.69. The topological polar surface area (TPSA) is 69.0 Å². The minimum atomic E-state index is -0.255. The van der Waals surface area contributed by atoms with E-state index in [0.717, 1.165) is 25.2 Å². The van der Waals surface area contributed by atoms with Crippen LogP contribution in [0.2, 0.25) is 0 Å². The molecule has 2 rings (SSSR count). The number of carbonyl (C=O) groups is 1. The van der Waals surface area contributed by atoms with Gasteiger partial charge in [0, 0.05) is 12.6 Å². The van der Waals surface area contributed by atoms with E-state index >= 15 is 0 Å². The van der Waals surface area contributed by atoms with Crippen LogP contribution in [0.1, 0.15) is 31.4 Å². The SMILES string of the molecule is COC(=O)Cc1cnnn1CCC1CCCCN1. The largest absolute Gasteiger partial charge is 0.469 e. The summed E-state index contributed by atoms with van der Waals surface area (Å²) in [5.74, 6) is -0.255. The third-order valence-corrected chi connectivity index (χ3v) is 3.35. The lowest BCUT2D eigenvalue weighted by atomic mass is 10.0. The maximum atomic E-state index is 11.2. The van der Waals surface area contributed by atoms with E-state index in [9.17, 15) is 4.79 Å². The van der Waals surface area contributed by atoms with Crippen LogP contribution in [0, 0.1) is 0 Å². The Morgan fingerprint density at radius 1 is 1.61 bits per heavy atom. The molecule has 0 aromatic carbocycles. The number of nitrogens with one attached hydrogen (secondary N) is 1. The molecule has 1 aliphatic heterocycles. The lowest BCUT2D eigenvalue weighted by Gasteiger charge is -2.23. The first-order valence-corrected chi connectivity index (χ1v) is 6.47. The lowest BCUT2D eigenvalue weighted by Crippen LogP contribution is -2.35. The smallest absolute Gasteiger partial charge is 0.311 e. The first-order valence-electron chi connectivity index (χ1n) is 6.47. The molecule has 0 aliphatic carbocycles. The average molecular weight is 252 g/mol. The number of ether oxygens (including phenoxy) is 1. The average Bonchev–Trinajstić information content (AvgIpc) is 2.84. The fourth-order valence-electron chi connectivity index (χ4n) is 2.27. The zero-order chi connectivity index (χ0) is 12.8. The standard InChI is InChI=1S/C12H20N4O2/c1-18-12(17)8-11-9-14-15-16(11)7-5-10-4-2-3-6-13-10/h9-10,13H,2-8H2,1H3. The molecule has 2 heterocycles. The predicted octanol–water partition coefficient (Wildman–Crippen LogP) is 0.526. The summed E-state index contributed by atoms with van der Waals surface area (Å²) in [5.41, 5.74) is 0.817. The van der Waals surface area contributed by atoms with Crippen LogP contribution in [-0.2, 0) is 22.5 Å². The number of methoxy groups -OCH3 is 1. The van der Waals surface area contributed by atoms with Gasteiger partial charge in [-0.25, -0.2) is 4.68 Å². The van der Waals surface area contributed by atoms with E-state index in [4.69, 9.17) is 0 Å². The fourth-order valence-corrected chi connectivity index (χ4v) is 2.27. The molecule has 100 valence electrons. The van der Waals surface area contributed by atoms with Gasteiger partial charge >= 0.3 is 5.97 Å². The highest BCUT2D eigenvalue weighted by molar-refractivity contribution is 5.71. The van der Waals surface area contributed by atoms with Gasteiger partial charge in [0.1, 0.15) is 0 Å². The summed E-state index contributed by atoms with van der Waals surface area (Å²) >= 11 is 0. The van der Waals surface area contributed by atoms with E-state index in [0.29, 0.717) is 6.04 Å². The molecule has 0 spiro atoms. The number of aromatic nitrogens is 3. The number of carbonyl (C=O) groups excluding carboxylic acids is 1. The third-order valence-electron chi connectivity index (χ3n) is 3.35. The van der Waals surface area contributed by atoms with E-state index in [-0.39, 0.29) is 12.4 Å². The number of aryl methyl sites for hydroxylation is 1. The molecule has 1 atom stereocenters. The van der Waals surface area contributed by atoms with E-state index in [1.165, 1.54) is 26.4 Å². The summed E-state index contributed by atoms with van der Waals surface area (Å²) in [6.45, 7) is 1.90. The molecule has 1 aliphatic rings. The van der Waals surface area contributed by atoms with Crippen molar-refractivity contribution in [2.75, 3.05) is 13.7 Å². The van der Waals surface area contributed by atoms with Gasteiger partial charge in [0.15, 0.2) is 0 Å². The quantitative estimate of drug-likeness (QED) is 0.774. The van der Waals surface area contributed by atoms with Crippen LogP contribution >= 0.6 is 0 Å². The molecule has 1 N–H and O–H groups in total. The van der Waals surface area contributed by atoms with Crippen molar-refractivity contribution in [1.29, 1.82) is 0 Å². The molecule has 18 heavy (non-hydrogen) atoms. The van der Waals surface area contributed by atoms with Gasteiger partial charge in [0.25, 0.3) is 0 Å². The van der Waals surface area contributed by atoms with Crippen molar-refractivity contribution in [1.82, 2.24) is 20.3 Å². The zero-order valence-electron chi connectivity index (χ0n) is 10.8. The second-order valence-electron chi connectivity index (χ2n) is 4.64. The number of nitrogens with zero attached hydrogens (tertiary/aromatic N) is 3. The summed E-state index contributed by atoms with van der Waals surface area (Å²) in [7, 11) is 1.39. The Morgan fingerprint density at radius 3 is 3.22 bits per heavy atom. The van der Waals surface area contributed by atoms with Crippen molar-refractivity contribution in [3.05, 3.63) is 11.9 Å². The van der Waals surface area contributed by atoms with Gasteiger partial charge in [-0.05, 0) is 25.8 Å². The van der Waals surface area contributed by atoms with Crippen molar-refractivity contribution in [2.45, 2.75) is 44.7 Å². The molecule has 6 heteroatoms. The Balaban J connectivity index is 1.85. The van der Waals surface area contributed by atoms with E-state index in [2.05, 4.69) is 20.4 Å². The van der Waals surface area contributed by atoms with Crippen molar-refractivity contribution in [3.63, 3.8) is 0 Å². The maximum absolute atomic E-state index is 11.2. The minimum Gasteiger partial charge on any atom is -0.469 e. The molecule has 0 amide bonds. The van der Waals surface area contributed by atoms with Crippen molar-refractivity contribution in [2.24, 2.45) is 0 Å². The molecule has 0 bridgehead atoms. The van der Waals surface area contributed by atoms with Gasteiger partial charge in [-0.2, -0.15) is 0 Å². The molecule has 1 unspecified atom stereocenters. The van der Waals surface area contributed by atoms with Crippen molar-refractivity contribution in [3.8, 4) is 0 Å². The lowest BCUT2D eigenvalue weighted by molar-refractivity contribution is -0.139. The van der Waals surface area contributed by atoms with Gasteiger partial charge in [-0.1, -0.05) is 11.6 Å². The first-order chi connectivity index (χ1) is 8.79. The summed E-state index contributed by atoms with van der Waals surface area (Å²) in [5, 5.41) is 11.4. The number of hydrogen-bond acceptors (Lipinski definition) is 5. The molecule has 6 nitrogen and oxygen atoms in total. The van der Waals surface area contributed by atoms with Gasteiger partial charge in [-0.15, -0.1) is 5.10 Å². The fraction of sp³-hybridized carbons (Fsp3) is 0.750. The Hall–Kier alpha value is -1.43. The summed E-state index contributed by atoms with van der Waals surface area (Å²) in [6.07, 6.45) is 6.68. The minimum absolute atomic E-state index is 0.238. The predicted molar refractivity (Wildman–Crippen MR) is 66.0 cm³/mol. The third kappa shape index (κ3) is 3.53. The molecule has 1 fully saturated rings. The van der Waals surface area contributed by atoms with Gasteiger partial charge in [-0.3, -0.25) is 4.79 Å². The van der Waals surface area contributed by atoms with Crippen LogP contribution in [0.25, 0.3) is 0 Å². The van der Waals surface area contributed by atoms with Crippen LogP contribution in [0.15, 0.2) is 6.20 Å². The Bertz CT molecular complexity index is 385. The summed E-state index contributed by atoms with van der Waals surface area (Å²) in [4.78, 5) is 11.2. The highest BCUT2D eigenvalue weighted by Crippen LogP contribution is 2.11. The van der Waals surface area contributed by atoms with E-state index in [1.807, 2.05) is 0 Å². The number of rotatable bonds is 5. The normalized spacial score (nSPS) is 19.7. The van der Waals surface area contributed by atoms with Gasteiger partial charge < -0.3 is 10.1 Å². The molecule has 1 aromatic heterocycles. The van der Waals surface area contributed by atoms with Gasteiger partial charge in [0.2, 0.25) is 0 Å². The van der Waals surface area contributed by atoms with Crippen LogP contribution in [0.3, 0.4) is 0 Å². The maximum Gasteiger partial charge on any atom is 0.311 e. The molecule has 1 saturated heterocycles. The number of hydrogen-bond donors (Lipinski definition) is 1. The molecule has 1 aromatic rings. The highest BCUT2D eigenvalue weighted by Gasteiger charge is 2.14. The monoisotopic (exact) mass is 252 g/mol. The van der Waals surface area contributed by atoms with Crippen LogP contribution in [-0.4, -0.2) is 40.7 Å². The second kappa shape index (κ2) is 6.49. The summed E-state index contributed by atoms with van der Waals surface area (Å²) in [6, 6.07) is 0.564. The molecule has 0 saturated carbocycles. The van der Waals surface area contributed by atoms with Crippen LogP contribution in [0.5, 0.6) is 0 Å². The Labute approximate surface area is 107 Å². The first kappa shape index (κ1) is 13.0. The number of esters is 1. The Morgan fingerprint density at radius 2 is 2.50 bits per heavy atom. The number of piperidine rings is 1. The van der Waals surface area contributed by atoms with E-state index < -0.39 is 0 Å².